The van der Waals surface area contributed by atoms with Crippen LogP contribution in [-0.4, -0.2) is 63.5 Å². The molecular weight excluding hydrogens is 336 g/mol. The number of hydrogen-bond acceptors (Lipinski definition) is 5. The second kappa shape index (κ2) is 9.45. The Balaban J connectivity index is 1.83. The van der Waals surface area contributed by atoms with Crippen molar-refractivity contribution in [2.45, 2.75) is 50.9 Å². The molecule has 1 aromatic carbocycles. The summed E-state index contributed by atoms with van der Waals surface area (Å²) in [5, 5.41) is 19.2. The first kappa shape index (κ1) is 20.1. The summed E-state index contributed by atoms with van der Waals surface area (Å²) in [6, 6.07) is 9.07. The van der Waals surface area contributed by atoms with Crippen LogP contribution < -0.4 is 0 Å². The number of ketones is 1. The lowest BCUT2D eigenvalue weighted by atomic mass is 10.1. The number of aliphatic hydroxyl groups is 1. The first-order chi connectivity index (χ1) is 12.4. The van der Waals surface area contributed by atoms with E-state index in [4.69, 9.17) is 5.11 Å². The Bertz CT molecular complexity index is 634. The average molecular weight is 362 g/mol. The maximum atomic E-state index is 12.3. The van der Waals surface area contributed by atoms with Crippen molar-refractivity contribution in [2.75, 3.05) is 13.6 Å². The zero-order chi connectivity index (χ0) is 19.1. The van der Waals surface area contributed by atoms with E-state index in [1.54, 1.807) is 16.8 Å². The minimum absolute atomic E-state index is 0.0829. The molecule has 1 aliphatic heterocycles. The molecule has 0 aliphatic carbocycles. The smallest absolute Gasteiger partial charge is 0.310 e. The van der Waals surface area contributed by atoms with E-state index < -0.39 is 24.7 Å². The van der Waals surface area contributed by atoms with E-state index in [1.807, 2.05) is 30.3 Å². The molecule has 1 unspecified atom stereocenters. The van der Waals surface area contributed by atoms with Crippen LogP contribution in [0, 0.1) is 0 Å². The number of Topliss-reactive ketones (excluding diaryl/α,β-unsaturated/α-hetero) is 1. The monoisotopic (exact) mass is 362 g/mol. The van der Waals surface area contributed by atoms with E-state index in [9.17, 15) is 19.5 Å². The van der Waals surface area contributed by atoms with Crippen molar-refractivity contribution >= 4 is 17.7 Å². The summed E-state index contributed by atoms with van der Waals surface area (Å²) >= 11 is 0. The lowest BCUT2D eigenvalue weighted by Gasteiger charge is -2.28. The Morgan fingerprint density at radius 3 is 2.62 bits per heavy atom. The van der Waals surface area contributed by atoms with Gasteiger partial charge in [-0.3, -0.25) is 19.3 Å². The molecule has 0 aromatic heterocycles. The third-order valence-electron chi connectivity index (χ3n) is 4.68. The van der Waals surface area contributed by atoms with Crippen LogP contribution in [0.15, 0.2) is 30.3 Å². The van der Waals surface area contributed by atoms with Gasteiger partial charge in [0.15, 0.2) is 5.78 Å². The van der Waals surface area contributed by atoms with Crippen molar-refractivity contribution in [1.82, 2.24) is 9.80 Å². The van der Waals surface area contributed by atoms with E-state index in [-0.39, 0.29) is 24.5 Å². The number of carbonyl (C=O) groups is 3. The third-order valence-corrected chi connectivity index (χ3v) is 4.68. The number of nitrogens with zero attached hydrogens (tertiary/aromatic N) is 2. The molecule has 1 fully saturated rings. The lowest BCUT2D eigenvalue weighted by molar-refractivity contribution is -0.142. The number of hydrogen-bond donors (Lipinski definition) is 2. The van der Waals surface area contributed by atoms with Crippen LogP contribution in [0.4, 0.5) is 0 Å². The third kappa shape index (κ3) is 5.64. The van der Waals surface area contributed by atoms with Gasteiger partial charge in [0.2, 0.25) is 5.91 Å². The summed E-state index contributed by atoms with van der Waals surface area (Å²) in [6.45, 7) is 1.03. The van der Waals surface area contributed by atoms with Gasteiger partial charge >= 0.3 is 5.97 Å². The van der Waals surface area contributed by atoms with E-state index in [1.165, 1.54) is 0 Å². The maximum absolute atomic E-state index is 12.3. The Hall–Kier alpha value is -2.25. The number of aliphatic hydroxyl groups excluding tert-OH is 1. The highest BCUT2D eigenvalue weighted by Crippen LogP contribution is 2.23. The number of carbonyl (C=O) groups excluding carboxylic acids is 2. The molecule has 1 amide bonds. The largest absolute Gasteiger partial charge is 0.481 e. The van der Waals surface area contributed by atoms with E-state index in [2.05, 4.69) is 0 Å². The molecule has 7 nitrogen and oxygen atoms in total. The predicted octanol–water partition coefficient (Wildman–Crippen LogP) is 1.25. The van der Waals surface area contributed by atoms with Gasteiger partial charge in [-0.05, 0) is 24.8 Å². The second-order valence-corrected chi connectivity index (χ2v) is 6.69. The van der Waals surface area contributed by atoms with Gasteiger partial charge in [0.1, 0.15) is 12.6 Å². The normalized spacial score (nSPS) is 18.5. The standard InChI is InChI=1S/C19H26N2O5/c1-20(13-14-6-3-2-4-7-14)17(23)9-10-18(24)21-11-5-8-15(21)16(22)12-19(25)26/h2-4,6-7,15,18,24H,5,8-13H2,1H3,(H,25,26)/t15-,18?/m0/s1. The Morgan fingerprint density at radius 1 is 1.27 bits per heavy atom. The van der Waals surface area contributed by atoms with Gasteiger partial charge in [0.25, 0.3) is 0 Å². The molecular formula is C19H26N2O5. The quantitative estimate of drug-likeness (QED) is 0.642. The van der Waals surface area contributed by atoms with Crippen molar-refractivity contribution in [3.8, 4) is 0 Å². The van der Waals surface area contributed by atoms with Crippen molar-refractivity contribution in [3.05, 3.63) is 35.9 Å². The van der Waals surface area contributed by atoms with Crippen LogP contribution in [0.1, 0.15) is 37.7 Å². The molecule has 7 heteroatoms. The summed E-state index contributed by atoms with van der Waals surface area (Å²) in [6.07, 6.45) is 0.205. The van der Waals surface area contributed by atoms with Crippen molar-refractivity contribution in [3.63, 3.8) is 0 Å². The molecule has 1 aromatic rings. The number of aliphatic carboxylic acids is 1. The summed E-state index contributed by atoms with van der Waals surface area (Å²) in [7, 11) is 1.72. The van der Waals surface area contributed by atoms with Crippen LogP contribution in [0.3, 0.4) is 0 Å². The van der Waals surface area contributed by atoms with Crippen LogP contribution in [-0.2, 0) is 20.9 Å². The summed E-state index contributed by atoms with van der Waals surface area (Å²) < 4.78 is 0. The maximum Gasteiger partial charge on any atom is 0.310 e. The summed E-state index contributed by atoms with van der Waals surface area (Å²) in [4.78, 5) is 38.3. The molecule has 26 heavy (non-hydrogen) atoms. The van der Waals surface area contributed by atoms with Crippen LogP contribution in [0.2, 0.25) is 0 Å². The van der Waals surface area contributed by atoms with Gasteiger partial charge in [-0.25, -0.2) is 0 Å². The van der Waals surface area contributed by atoms with Crippen LogP contribution in [0.25, 0.3) is 0 Å². The Morgan fingerprint density at radius 2 is 1.96 bits per heavy atom. The number of amides is 1. The SMILES string of the molecule is CN(Cc1ccccc1)C(=O)CCC(O)N1CCC[C@H]1C(=O)CC(=O)O. The fraction of sp³-hybridized carbons (Fsp3) is 0.526. The van der Waals surface area contributed by atoms with Gasteiger partial charge in [0, 0.05) is 26.6 Å². The second-order valence-electron chi connectivity index (χ2n) is 6.69. The molecule has 0 radical (unpaired) electrons. The number of likely N-dealkylation sites (tertiary alicyclic amines) is 1. The number of carboxylic acids is 1. The molecule has 2 N–H and O–H groups in total. The predicted molar refractivity (Wildman–Crippen MR) is 95.1 cm³/mol. The molecule has 0 bridgehead atoms. The Kier molecular flexibility index (Phi) is 7.29. The van der Waals surface area contributed by atoms with Gasteiger partial charge in [-0.15, -0.1) is 0 Å². The highest BCUT2D eigenvalue weighted by Gasteiger charge is 2.35. The highest BCUT2D eigenvalue weighted by atomic mass is 16.4. The zero-order valence-corrected chi connectivity index (χ0v) is 15.0. The lowest BCUT2D eigenvalue weighted by Crippen LogP contribution is -2.44. The van der Waals surface area contributed by atoms with Gasteiger partial charge in [-0.2, -0.15) is 0 Å². The van der Waals surface area contributed by atoms with Crippen LogP contribution >= 0.6 is 0 Å². The molecule has 2 rings (SSSR count). The fourth-order valence-corrected chi connectivity index (χ4v) is 3.31. The van der Waals surface area contributed by atoms with E-state index in [0.717, 1.165) is 12.0 Å². The highest BCUT2D eigenvalue weighted by molar-refractivity contribution is 5.97. The number of benzene rings is 1. The molecule has 0 spiro atoms. The minimum Gasteiger partial charge on any atom is -0.481 e. The number of rotatable bonds is 9. The average Bonchev–Trinajstić information content (AvgIpc) is 3.09. The molecule has 0 saturated carbocycles. The molecule has 142 valence electrons. The summed E-state index contributed by atoms with van der Waals surface area (Å²) in [5.41, 5.74) is 1.03. The molecule has 1 aliphatic rings. The van der Waals surface area contributed by atoms with Gasteiger partial charge in [0.05, 0.1) is 6.04 Å². The van der Waals surface area contributed by atoms with Crippen molar-refractivity contribution in [2.24, 2.45) is 0 Å². The summed E-state index contributed by atoms with van der Waals surface area (Å²) in [5.74, 6) is -1.63. The Labute approximate surface area is 153 Å². The minimum atomic E-state index is -1.16. The molecule has 1 heterocycles. The van der Waals surface area contributed by atoms with E-state index in [0.29, 0.717) is 19.5 Å². The molecule has 1 saturated heterocycles. The zero-order valence-electron chi connectivity index (χ0n) is 15.0. The van der Waals surface area contributed by atoms with Gasteiger partial charge < -0.3 is 15.1 Å². The first-order valence-corrected chi connectivity index (χ1v) is 8.84. The fourth-order valence-electron chi connectivity index (χ4n) is 3.31. The van der Waals surface area contributed by atoms with Crippen molar-refractivity contribution < 1.29 is 24.6 Å². The first-order valence-electron chi connectivity index (χ1n) is 8.84. The number of carboxylic acid groups (broad SMARTS) is 1. The van der Waals surface area contributed by atoms with Crippen molar-refractivity contribution in [1.29, 1.82) is 0 Å². The topological polar surface area (TPSA) is 98.2 Å². The van der Waals surface area contributed by atoms with Gasteiger partial charge in [-0.1, -0.05) is 30.3 Å². The van der Waals surface area contributed by atoms with E-state index >= 15 is 0 Å². The van der Waals surface area contributed by atoms with Crippen LogP contribution in [0.5, 0.6) is 0 Å². The molecule has 2 atom stereocenters.